The Bertz CT molecular complexity index is 1010. The van der Waals surface area contributed by atoms with Crippen molar-refractivity contribution in [1.82, 2.24) is 4.90 Å². The molecule has 31 heavy (non-hydrogen) atoms. The maximum atomic E-state index is 2.68. The van der Waals surface area contributed by atoms with Gasteiger partial charge in [-0.3, -0.25) is 0 Å². The summed E-state index contributed by atoms with van der Waals surface area (Å²) in [6.07, 6.45) is 5.09. The van der Waals surface area contributed by atoms with Crippen molar-refractivity contribution in [1.29, 1.82) is 0 Å². The molecule has 0 bridgehead atoms. The first-order valence-corrected chi connectivity index (χ1v) is 12.5. The molecule has 2 nitrogen and oxygen atoms in total. The number of aryl methyl sites for hydroxylation is 1. The molecule has 2 heterocycles. The molecule has 0 unspecified atom stereocenters. The Hall–Kier alpha value is -2.23. The van der Waals surface area contributed by atoms with Crippen LogP contribution in [-0.4, -0.2) is 31.1 Å². The molecule has 3 aromatic carbocycles. The van der Waals surface area contributed by atoms with Crippen LogP contribution in [0.15, 0.2) is 82.6 Å². The Balaban J connectivity index is 1.16. The summed E-state index contributed by atoms with van der Waals surface area (Å²) >= 11 is 1.91. The van der Waals surface area contributed by atoms with Crippen molar-refractivity contribution < 1.29 is 0 Å². The average molecular weight is 429 g/mol. The van der Waals surface area contributed by atoms with Crippen LogP contribution >= 0.6 is 11.8 Å². The van der Waals surface area contributed by atoms with Crippen LogP contribution < -0.4 is 4.90 Å². The molecule has 0 N–H and O–H groups in total. The van der Waals surface area contributed by atoms with Crippen molar-refractivity contribution >= 4 is 23.1 Å². The van der Waals surface area contributed by atoms with E-state index in [1.807, 2.05) is 11.8 Å². The van der Waals surface area contributed by atoms with Gasteiger partial charge in [-0.2, -0.15) is 0 Å². The maximum absolute atomic E-state index is 2.68. The zero-order chi connectivity index (χ0) is 21.0. The van der Waals surface area contributed by atoms with E-state index in [4.69, 9.17) is 0 Å². The molecule has 1 saturated heterocycles. The van der Waals surface area contributed by atoms with Gasteiger partial charge in [-0.05, 0) is 93.6 Å². The van der Waals surface area contributed by atoms with Crippen LogP contribution in [0.3, 0.4) is 0 Å². The Morgan fingerprint density at radius 3 is 2.32 bits per heavy atom. The normalized spacial score (nSPS) is 16.7. The van der Waals surface area contributed by atoms with Crippen LogP contribution in [0.25, 0.3) is 0 Å². The highest BCUT2D eigenvalue weighted by Gasteiger charge is 2.23. The SMILES string of the molecule is Cc1ccc2c(c1)N(CCCCN1CCC(c3ccccc3)CC1)c1ccccc1S2. The highest BCUT2D eigenvalue weighted by atomic mass is 32.2. The van der Waals surface area contributed by atoms with Crippen molar-refractivity contribution in [2.24, 2.45) is 0 Å². The van der Waals surface area contributed by atoms with Gasteiger partial charge in [-0.1, -0.05) is 60.3 Å². The molecule has 5 rings (SSSR count). The molecule has 0 aromatic heterocycles. The highest BCUT2D eigenvalue weighted by Crippen LogP contribution is 2.48. The minimum absolute atomic E-state index is 0.750. The number of unbranched alkanes of at least 4 members (excludes halogenated alkanes) is 1. The van der Waals surface area contributed by atoms with Crippen LogP contribution in [-0.2, 0) is 0 Å². The third-order valence-corrected chi connectivity index (χ3v) is 7.88. The van der Waals surface area contributed by atoms with Gasteiger partial charge in [-0.15, -0.1) is 0 Å². The standard InChI is InChI=1S/C28H32N2S/c1-22-13-14-28-26(21-22)30(25-11-5-6-12-27(25)31-28)18-8-7-17-29-19-15-24(16-20-29)23-9-3-2-4-10-23/h2-6,9-14,21,24H,7-8,15-20H2,1H3. The summed E-state index contributed by atoms with van der Waals surface area (Å²) < 4.78 is 0. The lowest BCUT2D eigenvalue weighted by molar-refractivity contribution is 0.209. The van der Waals surface area contributed by atoms with Crippen LogP contribution in [0.5, 0.6) is 0 Å². The van der Waals surface area contributed by atoms with Crippen molar-refractivity contribution in [3.8, 4) is 0 Å². The first-order valence-electron chi connectivity index (χ1n) is 11.7. The lowest BCUT2D eigenvalue weighted by Gasteiger charge is -2.34. The second-order valence-electron chi connectivity index (χ2n) is 8.93. The molecule has 2 aliphatic rings. The Labute approximate surface area is 191 Å². The molecular weight excluding hydrogens is 396 g/mol. The second-order valence-corrected chi connectivity index (χ2v) is 10.0. The fraction of sp³-hybridized carbons (Fsp3) is 0.357. The summed E-state index contributed by atoms with van der Waals surface area (Å²) in [7, 11) is 0. The zero-order valence-electron chi connectivity index (χ0n) is 18.5. The van der Waals surface area contributed by atoms with Gasteiger partial charge in [0.25, 0.3) is 0 Å². The van der Waals surface area contributed by atoms with Gasteiger partial charge in [0.1, 0.15) is 0 Å². The van der Waals surface area contributed by atoms with Gasteiger partial charge in [0.15, 0.2) is 0 Å². The molecule has 0 aliphatic carbocycles. The number of anilines is 2. The second kappa shape index (κ2) is 9.50. The molecule has 160 valence electrons. The van der Waals surface area contributed by atoms with Crippen LogP contribution in [0.1, 0.15) is 42.7 Å². The zero-order valence-corrected chi connectivity index (χ0v) is 19.3. The number of piperidine rings is 1. The fourth-order valence-corrected chi connectivity index (χ4v) is 6.08. The molecule has 0 saturated carbocycles. The molecular formula is C28H32N2S. The number of likely N-dealkylation sites (tertiary alicyclic amines) is 1. The Kier molecular flexibility index (Phi) is 6.33. The largest absolute Gasteiger partial charge is 0.340 e. The van der Waals surface area contributed by atoms with Crippen molar-refractivity contribution in [3.05, 3.63) is 83.9 Å². The Morgan fingerprint density at radius 2 is 1.48 bits per heavy atom. The quantitative estimate of drug-likeness (QED) is 0.382. The summed E-state index contributed by atoms with van der Waals surface area (Å²) in [5.41, 5.74) is 5.62. The lowest BCUT2D eigenvalue weighted by atomic mass is 9.89. The summed E-state index contributed by atoms with van der Waals surface area (Å²) in [6.45, 7) is 7.00. The maximum Gasteiger partial charge on any atom is 0.0555 e. The summed E-state index contributed by atoms with van der Waals surface area (Å²) in [5, 5.41) is 0. The van der Waals surface area contributed by atoms with Crippen molar-refractivity contribution in [3.63, 3.8) is 0 Å². The summed E-state index contributed by atoms with van der Waals surface area (Å²) in [5.74, 6) is 0.750. The predicted molar refractivity (Wildman–Crippen MR) is 133 cm³/mol. The van der Waals surface area contributed by atoms with Gasteiger partial charge in [0.05, 0.1) is 11.4 Å². The van der Waals surface area contributed by atoms with Gasteiger partial charge in [-0.25, -0.2) is 0 Å². The third-order valence-electron chi connectivity index (χ3n) is 6.75. The number of nitrogens with zero attached hydrogens (tertiary/aromatic N) is 2. The third kappa shape index (κ3) is 4.68. The van der Waals surface area contributed by atoms with Gasteiger partial charge in [0.2, 0.25) is 0 Å². The molecule has 0 radical (unpaired) electrons. The van der Waals surface area contributed by atoms with E-state index in [9.17, 15) is 0 Å². The number of benzene rings is 3. The molecule has 0 atom stereocenters. The highest BCUT2D eigenvalue weighted by molar-refractivity contribution is 7.99. The summed E-state index contributed by atoms with van der Waals surface area (Å²) in [4.78, 5) is 7.99. The fourth-order valence-electron chi connectivity index (χ4n) is 5.00. The minimum atomic E-state index is 0.750. The van der Waals surface area contributed by atoms with E-state index < -0.39 is 0 Å². The van der Waals surface area contributed by atoms with E-state index in [2.05, 4.69) is 89.5 Å². The van der Waals surface area contributed by atoms with Crippen LogP contribution in [0.4, 0.5) is 11.4 Å². The first-order chi connectivity index (χ1) is 15.3. The van der Waals surface area contributed by atoms with E-state index in [0.29, 0.717) is 0 Å². The molecule has 0 amide bonds. The molecule has 3 aromatic rings. The van der Waals surface area contributed by atoms with Gasteiger partial charge in [0, 0.05) is 16.3 Å². The number of rotatable bonds is 6. The first kappa shape index (κ1) is 20.7. The van der Waals surface area contributed by atoms with E-state index in [1.165, 1.54) is 77.6 Å². The number of para-hydroxylation sites is 1. The topological polar surface area (TPSA) is 6.48 Å². The number of fused-ring (bicyclic) bond motifs is 2. The predicted octanol–water partition coefficient (Wildman–Crippen LogP) is 7.26. The minimum Gasteiger partial charge on any atom is -0.340 e. The molecule has 1 fully saturated rings. The van der Waals surface area contributed by atoms with Crippen molar-refractivity contribution in [2.75, 3.05) is 31.1 Å². The van der Waals surface area contributed by atoms with Crippen LogP contribution in [0, 0.1) is 6.92 Å². The van der Waals surface area contributed by atoms with E-state index in [1.54, 1.807) is 0 Å². The Morgan fingerprint density at radius 1 is 0.774 bits per heavy atom. The molecule has 2 aliphatic heterocycles. The molecule has 3 heteroatoms. The van der Waals surface area contributed by atoms with Crippen LogP contribution in [0.2, 0.25) is 0 Å². The summed E-state index contributed by atoms with van der Waals surface area (Å²) in [6, 6.07) is 26.8. The number of hydrogen-bond donors (Lipinski definition) is 0. The van der Waals surface area contributed by atoms with E-state index in [0.717, 1.165) is 12.5 Å². The monoisotopic (exact) mass is 428 g/mol. The molecule has 0 spiro atoms. The van der Waals surface area contributed by atoms with E-state index in [-0.39, 0.29) is 0 Å². The van der Waals surface area contributed by atoms with Gasteiger partial charge < -0.3 is 9.80 Å². The lowest BCUT2D eigenvalue weighted by Crippen LogP contribution is -2.34. The average Bonchev–Trinajstić information content (AvgIpc) is 2.82. The van der Waals surface area contributed by atoms with Gasteiger partial charge >= 0.3 is 0 Å². The van der Waals surface area contributed by atoms with Crippen molar-refractivity contribution in [2.45, 2.75) is 48.3 Å². The van der Waals surface area contributed by atoms with E-state index >= 15 is 0 Å². The smallest absolute Gasteiger partial charge is 0.0555 e. The number of hydrogen-bond acceptors (Lipinski definition) is 3.